The molecule has 0 unspecified atom stereocenters. The van der Waals surface area contributed by atoms with Crippen molar-refractivity contribution < 1.29 is 14.9 Å². The number of fused-ring (bicyclic) bond motifs is 3. The third-order valence-electron chi connectivity index (χ3n) is 7.70. The average molecular weight is 545 g/mol. The van der Waals surface area contributed by atoms with E-state index in [1.165, 1.54) is 5.57 Å². The van der Waals surface area contributed by atoms with Gasteiger partial charge in [0.1, 0.15) is 16.8 Å². The number of aliphatic hydroxyl groups is 2. The minimum absolute atomic E-state index is 0.0666. The molecule has 0 fully saturated rings. The molecule has 0 radical (unpaired) electrons. The number of benzene rings is 2. The largest absolute Gasteiger partial charge is 0.496 e. The number of methoxy groups -OCH3 is 1. The minimum atomic E-state index is 0.0666. The van der Waals surface area contributed by atoms with Gasteiger partial charge in [0.2, 0.25) is 5.95 Å². The van der Waals surface area contributed by atoms with E-state index in [2.05, 4.69) is 62.0 Å². The topological polar surface area (TPSA) is 122 Å². The molecular weight excluding hydrogens is 504 g/mol. The Balaban J connectivity index is 1.62. The van der Waals surface area contributed by atoms with Crippen molar-refractivity contribution >= 4 is 39.3 Å². The fraction of sp³-hybridized carbons (Fsp3) is 0.419. The predicted octanol–water partition coefficient (Wildman–Crippen LogP) is 4.27. The summed E-state index contributed by atoms with van der Waals surface area (Å²) in [6.07, 6.45) is 5.78. The molecule has 0 bridgehead atoms. The summed E-state index contributed by atoms with van der Waals surface area (Å²) in [7, 11) is 1.70. The maximum Gasteiger partial charge on any atom is 0.222 e. The summed E-state index contributed by atoms with van der Waals surface area (Å²) in [5, 5.41) is 23.7. The molecule has 2 aromatic heterocycles. The molecule has 4 aromatic rings. The van der Waals surface area contributed by atoms with Gasteiger partial charge in [-0.15, -0.1) is 0 Å². The van der Waals surface area contributed by atoms with Crippen LogP contribution in [0.1, 0.15) is 43.7 Å². The van der Waals surface area contributed by atoms with Crippen LogP contribution in [0.2, 0.25) is 0 Å². The lowest BCUT2D eigenvalue weighted by Gasteiger charge is -2.27. The Bertz CT molecular complexity index is 1490. The number of β-amino-alcohol motifs (C(OH)–C–C–N with tert-alkyl or cyclic N) is 1. The summed E-state index contributed by atoms with van der Waals surface area (Å²) >= 11 is 0. The molecular formula is C31H40N6O3. The smallest absolute Gasteiger partial charge is 0.222 e. The molecule has 3 heterocycles. The second-order valence-corrected chi connectivity index (χ2v) is 10.4. The molecule has 0 saturated carbocycles. The fourth-order valence-electron chi connectivity index (χ4n) is 5.82. The van der Waals surface area contributed by atoms with Gasteiger partial charge in [-0.1, -0.05) is 43.7 Å². The van der Waals surface area contributed by atoms with Crippen molar-refractivity contribution in [3.8, 4) is 5.75 Å². The number of nitrogens with two attached hydrogens (primary N) is 1. The van der Waals surface area contributed by atoms with Crippen molar-refractivity contribution in [2.24, 2.45) is 0 Å². The first-order chi connectivity index (χ1) is 19.6. The van der Waals surface area contributed by atoms with Crippen LogP contribution in [0.4, 0.5) is 11.8 Å². The Morgan fingerprint density at radius 1 is 1.10 bits per heavy atom. The van der Waals surface area contributed by atoms with E-state index in [4.69, 9.17) is 10.5 Å². The van der Waals surface area contributed by atoms with Crippen LogP contribution in [0.3, 0.4) is 0 Å². The number of aromatic nitrogens is 3. The monoisotopic (exact) mass is 544 g/mol. The highest BCUT2D eigenvalue weighted by Gasteiger charge is 2.21. The molecule has 0 amide bonds. The number of ether oxygens (including phenoxy) is 1. The molecule has 40 heavy (non-hydrogen) atoms. The third-order valence-corrected chi connectivity index (χ3v) is 7.70. The van der Waals surface area contributed by atoms with Crippen LogP contribution in [0.15, 0.2) is 48.5 Å². The molecule has 9 heteroatoms. The zero-order valence-corrected chi connectivity index (χ0v) is 23.4. The SMILES string of the molecule is CCC[C@@H](CCO)Nc1nc(N)nc2c3ccccc3n(Cc3cc(C4=CCCN(CCO)C4)ccc3OC)c12. The van der Waals surface area contributed by atoms with E-state index in [9.17, 15) is 10.2 Å². The molecule has 0 spiro atoms. The van der Waals surface area contributed by atoms with Gasteiger partial charge in [-0.25, -0.2) is 4.98 Å². The summed E-state index contributed by atoms with van der Waals surface area (Å²) in [5.74, 6) is 1.71. The highest BCUT2D eigenvalue weighted by molar-refractivity contribution is 6.09. The van der Waals surface area contributed by atoms with E-state index in [1.807, 2.05) is 18.2 Å². The van der Waals surface area contributed by atoms with Gasteiger partial charge in [0, 0.05) is 43.2 Å². The Labute approximate surface area is 235 Å². The molecule has 1 aliphatic rings. The van der Waals surface area contributed by atoms with Gasteiger partial charge in [0.15, 0.2) is 5.82 Å². The highest BCUT2D eigenvalue weighted by atomic mass is 16.5. The summed E-state index contributed by atoms with van der Waals surface area (Å²) < 4.78 is 8.07. The number of nitrogen functional groups attached to an aromatic ring is 1. The molecule has 2 aromatic carbocycles. The fourth-order valence-corrected chi connectivity index (χ4v) is 5.82. The van der Waals surface area contributed by atoms with Crippen LogP contribution in [0.5, 0.6) is 5.75 Å². The standard InChI is InChI=1S/C31H40N6O3/c1-3-7-24(13-16-38)33-30-29-28(34-31(32)35-30)25-9-4-5-10-26(25)37(29)20-23-18-21(11-12-27(23)40-2)22-8-6-14-36(19-22)15-17-39/h4-5,8-12,18,24,38-39H,3,6-7,13-17,19-20H2,1-2H3,(H3,32,33,34,35)/t24-/m0/s1. The van der Waals surface area contributed by atoms with Crippen LogP contribution in [0.25, 0.3) is 27.5 Å². The molecule has 1 aliphatic heterocycles. The van der Waals surface area contributed by atoms with Crippen molar-refractivity contribution in [1.82, 2.24) is 19.4 Å². The maximum absolute atomic E-state index is 9.67. The van der Waals surface area contributed by atoms with Crippen LogP contribution in [0, 0.1) is 0 Å². The maximum atomic E-state index is 9.67. The van der Waals surface area contributed by atoms with Gasteiger partial charge in [-0.05, 0) is 48.6 Å². The zero-order chi connectivity index (χ0) is 28.1. The third kappa shape index (κ3) is 5.77. The summed E-state index contributed by atoms with van der Waals surface area (Å²) in [4.78, 5) is 11.6. The van der Waals surface area contributed by atoms with Gasteiger partial charge < -0.3 is 30.6 Å². The molecule has 9 nitrogen and oxygen atoms in total. The lowest BCUT2D eigenvalue weighted by molar-refractivity contribution is 0.209. The molecule has 0 aliphatic carbocycles. The van der Waals surface area contributed by atoms with E-state index < -0.39 is 0 Å². The van der Waals surface area contributed by atoms with Crippen molar-refractivity contribution in [3.63, 3.8) is 0 Å². The number of hydrogen-bond donors (Lipinski definition) is 4. The first-order valence-electron chi connectivity index (χ1n) is 14.2. The summed E-state index contributed by atoms with van der Waals surface area (Å²) in [5.41, 5.74) is 12.4. The quantitative estimate of drug-likeness (QED) is 0.209. The lowest BCUT2D eigenvalue weighted by atomic mass is 9.98. The van der Waals surface area contributed by atoms with Gasteiger partial charge in [0.25, 0.3) is 0 Å². The van der Waals surface area contributed by atoms with Gasteiger partial charge in [-0.2, -0.15) is 4.98 Å². The van der Waals surface area contributed by atoms with Crippen LogP contribution in [-0.2, 0) is 6.54 Å². The molecule has 5 rings (SSSR count). The van der Waals surface area contributed by atoms with Crippen molar-refractivity contribution in [2.75, 3.05) is 51.0 Å². The lowest BCUT2D eigenvalue weighted by Crippen LogP contribution is -2.32. The molecule has 212 valence electrons. The van der Waals surface area contributed by atoms with Crippen LogP contribution in [-0.4, -0.2) is 75.6 Å². The van der Waals surface area contributed by atoms with Crippen LogP contribution < -0.4 is 15.8 Å². The number of aliphatic hydroxyl groups excluding tert-OH is 2. The van der Waals surface area contributed by atoms with E-state index in [1.54, 1.807) is 7.11 Å². The number of para-hydroxylation sites is 1. The van der Waals surface area contributed by atoms with E-state index in [0.29, 0.717) is 25.3 Å². The number of rotatable bonds is 12. The molecule has 0 saturated heterocycles. The van der Waals surface area contributed by atoms with Gasteiger partial charge >= 0.3 is 0 Å². The predicted molar refractivity (Wildman–Crippen MR) is 162 cm³/mol. The Morgan fingerprint density at radius 2 is 1.95 bits per heavy atom. The van der Waals surface area contributed by atoms with Crippen molar-refractivity contribution in [2.45, 2.75) is 45.2 Å². The van der Waals surface area contributed by atoms with Crippen molar-refractivity contribution in [1.29, 1.82) is 0 Å². The Hall–Kier alpha value is -3.66. The average Bonchev–Trinajstić information content (AvgIpc) is 3.27. The Kier molecular flexibility index (Phi) is 8.84. The summed E-state index contributed by atoms with van der Waals surface area (Å²) in [6.45, 7) is 5.40. The first-order valence-corrected chi connectivity index (χ1v) is 14.2. The van der Waals surface area contributed by atoms with Gasteiger partial charge in [-0.3, -0.25) is 4.90 Å². The van der Waals surface area contributed by atoms with E-state index in [0.717, 1.165) is 71.2 Å². The zero-order valence-electron chi connectivity index (χ0n) is 23.4. The second kappa shape index (κ2) is 12.7. The van der Waals surface area contributed by atoms with E-state index in [-0.39, 0.29) is 25.2 Å². The number of anilines is 2. The summed E-state index contributed by atoms with van der Waals surface area (Å²) in [6, 6.07) is 14.6. The number of nitrogens with one attached hydrogen (secondary N) is 1. The second-order valence-electron chi connectivity index (χ2n) is 10.4. The Morgan fingerprint density at radius 3 is 2.73 bits per heavy atom. The molecule has 1 atom stereocenters. The number of hydrogen-bond acceptors (Lipinski definition) is 8. The van der Waals surface area contributed by atoms with E-state index >= 15 is 0 Å². The minimum Gasteiger partial charge on any atom is -0.496 e. The van der Waals surface area contributed by atoms with Crippen molar-refractivity contribution in [3.05, 3.63) is 59.7 Å². The van der Waals surface area contributed by atoms with Crippen LogP contribution >= 0.6 is 0 Å². The van der Waals surface area contributed by atoms with Gasteiger partial charge in [0.05, 0.1) is 25.8 Å². The first kappa shape index (κ1) is 27.9. The number of nitrogens with zero attached hydrogens (tertiary/aromatic N) is 4. The molecule has 5 N–H and O–H groups in total. The normalized spacial score (nSPS) is 14.9. The highest BCUT2D eigenvalue weighted by Crippen LogP contribution is 2.35.